The van der Waals surface area contributed by atoms with Crippen LogP contribution in [0, 0.1) is 17.8 Å². The Hall–Kier alpha value is -2.62. The first kappa shape index (κ1) is 16.5. The van der Waals surface area contributed by atoms with Crippen LogP contribution in [0.3, 0.4) is 0 Å². The molecule has 0 radical (unpaired) electrons. The van der Waals surface area contributed by atoms with Gasteiger partial charge in [-0.1, -0.05) is 42.5 Å². The van der Waals surface area contributed by atoms with Gasteiger partial charge in [0.15, 0.2) is 0 Å². The number of rotatable bonds is 3. The molecule has 0 heterocycles. The van der Waals surface area contributed by atoms with Crippen molar-refractivity contribution in [3.05, 3.63) is 71.3 Å². The number of hydrogen-bond donors (Lipinski definition) is 0. The van der Waals surface area contributed by atoms with Crippen LogP contribution in [0.5, 0.6) is 0 Å². The molecule has 0 spiro atoms. The molecule has 2 aromatic rings. The Balaban J connectivity index is 1.46. The number of benzene rings is 2. The summed E-state index contributed by atoms with van der Waals surface area (Å²) in [6.45, 7) is 1.43. The van der Waals surface area contributed by atoms with Gasteiger partial charge in [0.05, 0.1) is 5.56 Å². The fourth-order valence-electron chi connectivity index (χ4n) is 5.73. The fourth-order valence-corrected chi connectivity index (χ4v) is 5.73. The van der Waals surface area contributed by atoms with Crippen molar-refractivity contribution < 1.29 is 19.1 Å². The summed E-state index contributed by atoms with van der Waals surface area (Å²) >= 11 is 0. The molecular weight excluding hydrogens is 340 g/mol. The predicted molar refractivity (Wildman–Crippen MR) is 99.2 cm³/mol. The highest BCUT2D eigenvalue weighted by atomic mass is 16.6. The molecule has 5 rings (SSSR count). The quantitative estimate of drug-likeness (QED) is 0.781. The second-order valence-corrected chi connectivity index (χ2v) is 7.97. The van der Waals surface area contributed by atoms with Crippen molar-refractivity contribution in [3.8, 4) is 0 Å². The summed E-state index contributed by atoms with van der Waals surface area (Å²) in [5.41, 5.74) is 3.31. The summed E-state index contributed by atoms with van der Waals surface area (Å²) in [6, 6.07) is 17.6. The van der Waals surface area contributed by atoms with E-state index in [1.807, 2.05) is 18.2 Å². The number of carbonyl (C=O) groups is 2. The maximum atomic E-state index is 12.7. The zero-order chi connectivity index (χ0) is 18.5. The van der Waals surface area contributed by atoms with Crippen molar-refractivity contribution in [1.29, 1.82) is 0 Å². The SMILES string of the molecule is CC(=O)OC1C2CC(C1OC(=O)c1ccccc1)C1c3ccccc3CC21. The Morgan fingerprint density at radius 1 is 0.852 bits per heavy atom. The van der Waals surface area contributed by atoms with Gasteiger partial charge in [-0.2, -0.15) is 0 Å². The summed E-state index contributed by atoms with van der Waals surface area (Å²) in [7, 11) is 0. The van der Waals surface area contributed by atoms with E-state index in [9.17, 15) is 9.59 Å². The maximum absolute atomic E-state index is 12.7. The van der Waals surface area contributed by atoms with Gasteiger partial charge in [-0.3, -0.25) is 4.79 Å². The van der Waals surface area contributed by atoms with Gasteiger partial charge < -0.3 is 9.47 Å². The summed E-state index contributed by atoms with van der Waals surface area (Å²) in [5, 5.41) is 0. The fraction of sp³-hybridized carbons (Fsp3) is 0.391. The first-order chi connectivity index (χ1) is 13.1. The highest BCUT2D eigenvalue weighted by Crippen LogP contribution is 2.62. The van der Waals surface area contributed by atoms with Crippen molar-refractivity contribution in [2.45, 2.75) is 37.9 Å². The van der Waals surface area contributed by atoms with Gasteiger partial charge in [-0.15, -0.1) is 0 Å². The van der Waals surface area contributed by atoms with Gasteiger partial charge >= 0.3 is 11.9 Å². The number of esters is 2. The molecule has 6 unspecified atom stereocenters. The topological polar surface area (TPSA) is 52.6 Å². The molecule has 2 saturated carbocycles. The van der Waals surface area contributed by atoms with E-state index in [1.54, 1.807) is 12.1 Å². The lowest BCUT2D eigenvalue weighted by atomic mass is 9.76. The minimum absolute atomic E-state index is 0.209. The molecule has 2 fully saturated rings. The molecule has 27 heavy (non-hydrogen) atoms. The molecule has 4 nitrogen and oxygen atoms in total. The second kappa shape index (κ2) is 6.22. The van der Waals surface area contributed by atoms with E-state index in [0.717, 1.165) is 12.8 Å². The molecule has 3 aliphatic rings. The van der Waals surface area contributed by atoms with Crippen LogP contribution in [0.1, 0.15) is 40.7 Å². The van der Waals surface area contributed by atoms with Gasteiger partial charge in [0.25, 0.3) is 0 Å². The van der Waals surface area contributed by atoms with Gasteiger partial charge in [-0.25, -0.2) is 4.79 Å². The number of ether oxygens (including phenoxy) is 2. The Kier molecular flexibility index (Phi) is 3.81. The van der Waals surface area contributed by atoms with Crippen LogP contribution in [-0.2, 0) is 20.7 Å². The van der Waals surface area contributed by atoms with Crippen LogP contribution in [-0.4, -0.2) is 24.1 Å². The Labute approximate surface area is 158 Å². The van der Waals surface area contributed by atoms with Gasteiger partial charge in [0.1, 0.15) is 12.2 Å². The molecule has 0 saturated heterocycles. The van der Waals surface area contributed by atoms with E-state index < -0.39 is 0 Å². The van der Waals surface area contributed by atoms with E-state index in [4.69, 9.17) is 9.47 Å². The van der Waals surface area contributed by atoms with Crippen molar-refractivity contribution in [3.63, 3.8) is 0 Å². The number of carbonyl (C=O) groups excluding carboxylic acids is 2. The van der Waals surface area contributed by atoms with Crippen LogP contribution in [0.4, 0.5) is 0 Å². The van der Waals surface area contributed by atoms with Crippen molar-refractivity contribution in [2.75, 3.05) is 0 Å². The van der Waals surface area contributed by atoms with Gasteiger partial charge in [0.2, 0.25) is 0 Å². The monoisotopic (exact) mass is 362 g/mol. The molecule has 2 bridgehead atoms. The summed E-state index contributed by atoms with van der Waals surface area (Å²) in [6.07, 6.45) is 1.27. The van der Waals surface area contributed by atoms with Crippen molar-refractivity contribution in [2.24, 2.45) is 17.8 Å². The van der Waals surface area contributed by atoms with Gasteiger partial charge in [-0.05, 0) is 47.9 Å². The molecule has 2 aromatic carbocycles. The van der Waals surface area contributed by atoms with E-state index in [0.29, 0.717) is 17.4 Å². The normalized spacial score (nSPS) is 32.6. The molecule has 0 N–H and O–H groups in total. The second-order valence-electron chi connectivity index (χ2n) is 7.97. The lowest BCUT2D eigenvalue weighted by Gasteiger charge is -2.37. The highest BCUT2D eigenvalue weighted by Gasteiger charge is 2.63. The lowest BCUT2D eigenvalue weighted by Crippen LogP contribution is -2.44. The standard InChI is InChI=1S/C23H22O4/c1-13(24)26-21-18-12-19(20-16-10-6-5-9-15(16)11-17(18)20)22(21)27-23(25)14-7-3-2-4-8-14/h2-10,17-22H,11-12H2,1H3. The third-order valence-corrected chi connectivity index (χ3v) is 6.61. The molecule has 4 heteroatoms. The third kappa shape index (κ3) is 2.58. The minimum Gasteiger partial charge on any atom is -0.458 e. The van der Waals surface area contributed by atoms with E-state index >= 15 is 0 Å². The zero-order valence-electron chi connectivity index (χ0n) is 15.2. The Morgan fingerprint density at radius 3 is 2.33 bits per heavy atom. The summed E-state index contributed by atoms with van der Waals surface area (Å²) < 4.78 is 11.6. The summed E-state index contributed by atoms with van der Waals surface area (Å²) in [5.74, 6) is 0.689. The van der Waals surface area contributed by atoms with E-state index in [-0.39, 0.29) is 36.0 Å². The Morgan fingerprint density at radius 2 is 1.56 bits per heavy atom. The Bertz CT molecular complexity index is 890. The van der Waals surface area contributed by atoms with Crippen LogP contribution >= 0.6 is 0 Å². The molecule has 0 aliphatic heterocycles. The number of hydrogen-bond acceptors (Lipinski definition) is 4. The van der Waals surface area contributed by atoms with Crippen LogP contribution in [0.25, 0.3) is 0 Å². The van der Waals surface area contributed by atoms with Crippen LogP contribution in [0.2, 0.25) is 0 Å². The largest absolute Gasteiger partial charge is 0.458 e. The molecule has 3 aliphatic carbocycles. The first-order valence-electron chi connectivity index (χ1n) is 9.64. The van der Waals surface area contributed by atoms with Crippen molar-refractivity contribution in [1.82, 2.24) is 0 Å². The molecule has 6 atom stereocenters. The van der Waals surface area contributed by atoms with Crippen LogP contribution < -0.4 is 0 Å². The molecule has 0 amide bonds. The van der Waals surface area contributed by atoms with E-state index in [1.165, 1.54) is 18.1 Å². The predicted octanol–water partition coefficient (Wildman–Crippen LogP) is 3.75. The van der Waals surface area contributed by atoms with Crippen molar-refractivity contribution >= 4 is 11.9 Å². The first-order valence-corrected chi connectivity index (χ1v) is 9.64. The smallest absolute Gasteiger partial charge is 0.338 e. The lowest BCUT2D eigenvalue weighted by molar-refractivity contribution is -0.158. The average molecular weight is 362 g/mol. The maximum Gasteiger partial charge on any atom is 0.338 e. The average Bonchev–Trinajstić information content (AvgIpc) is 3.32. The van der Waals surface area contributed by atoms with Gasteiger partial charge in [0, 0.05) is 18.8 Å². The molecular formula is C23H22O4. The minimum atomic E-state index is -0.376. The molecule has 138 valence electrons. The zero-order valence-corrected chi connectivity index (χ0v) is 15.2. The van der Waals surface area contributed by atoms with E-state index in [2.05, 4.69) is 24.3 Å². The third-order valence-electron chi connectivity index (χ3n) is 6.61. The van der Waals surface area contributed by atoms with Crippen LogP contribution in [0.15, 0.2) is 54.6 Å². The molecule has 0 aromatic heterocycles. The number of fused-ring (bicyclic) bond motifs is 7. The highest BCUT2D eigenvalue weighted by molar-refractivity contribution is 5.89. The summed E-state index contributed by atoms with van der Waals surface area (Å²) in [4.78, 5) is 24.4.